The van der Waals surface area contributed by atoms with Crippen LogP contribution in [0, 0.1) is 5.92 Å². The van der Waals surface area contributed by atoms with Crippen LogP contribution in [0.5, 0.6) is 0 Å². The number of hydrogen-bond donors (Lipinski definition) is 2. The van der Waals surface area contributed by atoms with Crippen molar-refractivity contribution in [1.82, 2.24) is 9.78 Å². The molecule has 1 saturated carbocycles. The Morgan fingerprint density at radius 3 is 2.58 bits per heavy atom. The molecule has 6 nitrogen and oxygen atoms in total. The van der Waals surface area contributed by atoms with Gasteiger partial charge in [0.15, 0.2) is 0 Å². The Balaban J connectivity index is 1.57. The monoisotopic (exact) mass is 320 g/mol. The molecule has 0 radical (unpaired) electrons. The van der Waals surface area contributed by atoms with Crippen molar-refractivity contribution in [3.8, 4) is 5.69 Å². The van der Waals surface area contributed by atoms with E-state index < -0.39 is 0 Å². The van der Waals surface area contributed by atoms with Crippen molar-refractivity contribution in [2.45, 2.75) is 12.8 Å². The van der Waals surface area contributed by atoms with Crippen LogP contribution in [-0.4, -0.2) is 22.1 Å². The molecule has 1 aliphatic carbocycles. The molecule has 2 aromatic carbocycles. The maximum Gasteiger partial charge on any atom is 0.227 e. The van der Waals surface area contributed by atoms with Crippen LogP contribution in [0.3, 0.4) is 0 Å². The van der Waals surface area contributed by atoms with Crippen LogP contribution >= 0.6 is 0 Å². The first-order valence-corrected chi connectivity index (χ1v) is 7.84. The molecule has 120 valence electrons. The van der Waals surface area contributed by atoms with Gasteiger partial charge in [0.2, 0.25) is 12.3 Å². The zero-order valence-electron chi connectivity index (χ0n) is 12.9. The van der Waals surface area contributed by atoms with E-state index in [9.17, 15) is 9.59 Å². The lowest BCUT2D eigenvalue weighted by Gasteiger charge is -2.06. The van der Waals surface area contributed by atoms with E-state index in [1.54, 1.807) is 4.68 Å². The molecular formula is C18H16N4O2. The first-order valence-electron chi connectivity index (χ1n) is 7.84. The average Bonchev–Trinajstić information content (AvgIpc) is 3.36. The van der Waals surface area contributed by atoms with E-state index in [-0.39, 0.29) is 11.8 Å². The third-order valence-electron chi connectivity index (χ3n) is 4.08. The van der Waals surface area contributed by atoms with Crippen molar-refractivity contribution >= 4 is 34.6 Å². The number of benzene rings is 2. The van der Waals surface area contributed by atoms with Gasteiger partial charge in [0, 0.05) is 28.9 Å². The molecule has 0 unspecified atom stereocenters. The molecule has 1 aromatic heterocycles. The summed E-state index contributed by atoms with van der Waals surface area (Å²) in [5.41, 5.74) is 3.28. The standard InChI is InChI=1S/C18H16N4O2/c23-11-19-15-5-8-17-13(9-15)10-22(21-17)16-6-3-14(4-7-16)20-18(24)12-1-2-12/h3-12H,1-2H2,(H,19,23)(H,20,24). The highest BCUT2D eigenvalue weighted by Crippen LogP contribution is 2.30. The number of hydrogen-bond acceptors (Lipinski definition) is 3. The number of fused-ring (bicyclic) bond motifs is 1. The molecule has 0 saturated heterocycles. The van der Waals surface area contributed by atoms with Gasteiger partial charge in [-0.15, -0.1) is 0 Å². The highest BCUT2D eigenvalue weighted by molar-refractivity contribution is 5.94. The van der Waals surface area contributed by atoms with Crippen molar-refractivity contribution in [2.75, 3.05) is 10.6 Å². The zero-order valence-corrected chi connectivity index (χ0v) is 12.9. The van der Waals surface area contributed by atoms with Crippen LogP contribution in [0.2, 0.25) is 0 Å². The lowest BCUT2D eigenvalue weighted by molar-refractivity contribution is -0.117. The Morgan fingerprint density at radius 1 is 1.12 bits per heavy atom. The molecule has 4 rings (SSSR count). The number of aromatic nitrogens is 2. The topological polar surface area (TPSA) is 76.0 Å². The molecule has 1 heterocycles. The average molecular weight is 320 g/mol. The van der Waals surface area contributed by atoms with Crippen LogP contribution in [0.1, 0.15) is 12.8 Å². The largest absolute Gasteiger partial charge is 0.329 e. The minimum Gasteiger partial charge on any atom is -0.329 e. The summed E-state index contributed by atoms with van der Waals surface area (Å²) in [6, 6.07) is 13.1. The van der Waals surface area contributed by atoms with Gasteiger partial charge in [0.25, 0.3) is 0 Å². The maximum absolute atomic E-state index is 11.8. The van der Waals surface area contributed by atoms with Crippen LogP contribution in [0.4, 0.5) is 11.4 Å². The molecule has 0 aliphatic heterocycles. The molecule has 1 fully saturated rings. The van der Waals surface area contributed by atoms with Gasteiger partial charge in [0.05, 0.1) is 11.2 Å². The Kier molecular flexibility index (Phi) is 3.49. The quantitative estimate of drug-likeness (QED) is 0.710. The number of carbonyl (C=O) groups excluding carboxylic acids is 2. The first kappa shape index (κ1) is 14.4. The van der Waals surface area contributed by atoms with E-state index in [4.69, 9.17) is 0 Å². The molecular weight excluding hydrogens is 304 g/mol. The number of rotatable bonds is 5. The van der Waals surface area contributed by atoms with E-state index in [0.717, 1.165) is 40.8 Å². The minimum absolute atomic E-state index is 0.0998. The number of carbonyl (C=O) groups is 2. The summed E-state index contributed by atoms with van der Waals surface area (Å²) < 4.78 is 1.78. The Hall–Kier alpha value is -3.15. The van der Waals surface area contributed by atoms with Gasteiger partial charge < -0.3 is 10.6 Å². The minimum atomic E-state index is 0.0998. The zero-order chi connectivity index (χ0) is 16.5. The molecule has 2 N–H and O–H groups in total. The first-order chi connectivity index (χ1) is 11.7. The maximum atomic E-state index is 11.8. The fraction of sp³-hybridized carbons (Fsp3) is 0.167. The number of amides is 2. The van der Waals surface area contributed by atoms with Gasteiger partial charge in [-0.2, -0.15) is 5.10 Å². The van der Waals surface area contributed by atoms with E-state index >= 15 is 0 Å². The lowest BCUT2D eigenvalue weighted by atomic mass is 10.2. The second kappa shape index (κ2) is 5.81. The molecule has 6 heteroatoms. The fourth-order valence-corrected chi connectivity index (χ4v) is 2.60. The summed E-state index contributed by atoms with van der Waals surface area (Å²) in [6.45, 7) is 0. The lowest BCUT2D eigenvalue weighted by Crippen LogP contribution is -2.13. The summed E-state index contributed by atoms with van der Waals surface area (Å²) in [6.07, 6.45) is 4.54. The van der Waals surface area contributed by atoms with Gasteiger partial charge in [0.1, 0.15) is 0 Å². The SMILES string of the molecule is O=CNc1ccc2nn(-c3ccc(NC(=O)C4CC4)cc3)cc2c1. The van der Waals surface area contributed by atoms with Crippen LogP contribution in [0.15, 0.2) is 48.7 Å². The van der Waals surface area contributed by atoms with Gasteiger partial charge in [-0.3, -0.25) is 9.59 Å². The van der Waals surface area contributed by atoms with Crippen molar-refractivity contribution in [2.24, 2.45) is 5.92 Å². The van der Waals surface area contributed by atoms with E-state index in [0.29, 0.717) is 6.41 Å². The number of nitrogens with one attached hydrogen (secondary N) is 2. The van der Waals surface area contributed by atoms with Crippen molar-refractivity contribution in [3.63, 3.8) is 0 Å². The third kappa shape index (κ3) is 2.86. The second-order valence-electron chi connectivity index (χ2n) is 5.92. The van der Waals surface area contributed by atoms with Crippen molar-refractivity contribution in [3.05, 3.63) is 48.7 Å². The Morgan fingerprint density at radius 2 is 1.88 bits per heavy atom. The third-order valence-corrected chi connectivity index (χ3v) is 4.08. The molecule has 0 spiro atoms. The highest BCUT2D eigenvalue weighted by Gasteiger charge is 2.29. The highest BCUT2D eigenvalue weighted by atomic mass is 16.2. The van der Waals surface area contributed by atoms with Crippen LogP contribution in [0.25, 0.3) is 16.6 Å². The fourth-order valence-electron chi connectivity index (χ4n) is 2.60. The van der Waals surface area contributed by atoms with Crippen molar-refractivity contribution < 1.29 is 9.59 Å². The molecule has 1 aliphatic rings. The summed E-state index contributed by atoms with van der Waals surface area (Å²) in [7, 11) is 0. The number of nitrogens with zero attached hydrogens (tertiary/aromatic N) is 2. The molecule has 24 heavy (non-hydrogen) atoms. The molecule has 3 aromatic rings. The van der Waals surface area contributed by atoms with Gasteiger partial charge >= 0.3 is 0 Å². The summed E-state index contributed by atoms with van der Waals surface area (Å²) in [4.78, 5) is 22.3. The van der Waals surface area contributed by atoms with Crippen molar-refractivity contribution in [1.29, 1.82) is 0 Å². The Bertz CT molecular complexity index is 910. The van der Waals surface area contributed by atoms with E-state index in [1.165, 1.54) is 0 Å². The summed E-state index contributed by atoms with van der Waals surface area (Å²) in [5, 5.41) is 11.0. The van der Waals surface area contributed by atoms with Gasteiger partial charge in [-0.1, -0.05) is 0 Å². The molecule has 2 amide bonds. The van der Waals surface area contributed by atoms with Gasteiger partial charge in [-0.05, 0) is 55.3 Å². The second-order valence-corrected chi connectivity index (χ2v) is 5.92. The van der Waals surface area contributed by atoms with E-state index in [1.807, 2.05) is 48.7 Å². The predicted molar refractivity (Wildman–Crippen MR) is 92.1 cm³/mol. The molecule has 0 atom stereocenters. The normalized spacial score (nSPS) is 13.7. The summed E-state index contributed by atoms with van der Waals surface area (Å²) >= 11 is 0. The Labute approximate surface area is 138 Å². The van der Waals surface area contributed by atoms with Crippen LogP contribution in [-0.2, 0) is 9.59 Å². The molecule has 0 bridgehead atoms. The summed E-state index contributed by atoms with van der Waals surface area (Å²) in [5.74, 6) is 0.290. The van der Waals surface area contributed by atoms with Gasteiger partial charge in [-0.25, -0.2) is 4.68 Å². The smallest absolute Gasteiger partial charge is 0.227 e. The van der Waals surface area contributed by atoms with Crippen LogP contribution < -0.4 is 10.6 Å². The number of anilines is 2. The van der Waals surface area contributed by atoms with E-state index in [2.05, 4.69) is 15.7 Å². The predicted octanol–water partition coefficient (Wildman–Crippen LogP) is 2.94.